The lowest BCUT2D eigenvalue weighted by atomic mass is 10.1. The van der Waals surface area contributed by atoms with Gasteiger partial charge in [0.05, 0.1) is 0 Å². The molecule has 0 aliphatic rings. The highest BCUT2D eigenvalue weighted by Crippen LogP contribution is 2.10. The maximum absolute atomic E-state index is 11.4. The normalized spacial score (nSPS) is 10.4. The van der Waals surface area contributed by atoms with Gasteiger partial charge in [-0.25, -0.2) is 4.79 Å². The number of carbonyl (C=O) groups is 1. The molecule has 1 rings (SSSR count). The van der Waals surface area contributed by atoms with Crippen molar-refractivity contribution in [2.45, 2.75) is 20.3 Å². The van der Waals surface area contributed by atoms with Crippen LogP contribution in [0.15, 0.2) is 24.3 Å². The molecule has 0 atom stereocenters. The van der Waals surface area contributed by atoms with Gasteiger partial charge in [0.15, 0.2) is 0 Å². The van der Waals surface area contributed by atoms with Gasteiger partial charge in [-0.3, -0.25) is 0 Å². The van der Waals surface area contributed by atoms with Crippen molar-refractivity contribution in [3.05, 3.63) is 34.9 Å². The molecule has 0 saturated heterocycles. The van der Waals surface area contributed by atoms with Crippen molar-refractivity contribution >= 4 is 17.6 Å². The first kappa shape index (κ1) is 13.8. The first-order chi connectivity index (χ1) is 8.08. The lowest BCUT2D eigenvalue weighted by Crippen LogP contribution is -2.38. The van der Waals surface area contributed by atoms with E-state index in [0.29, 0.717) is 19.0 Å². The Morgan fingerprint density at radius 1 is 1.35 bits per heavy atom. The molecule has 0 radical (unpaired) electrons. The van der Waals surface area contributed by atoms with Gasteiger partial charge in [0, 0.05) is 18.1 Å². The van der Waals surface area contributed by atoms with Crippen molar-refractivity contribution in [3.8, 4) is 0 Å². The summed E-state index contributed by atoms with van der Waals surface area (Å²) in [7, 11) is 0. The zero-order valence-electron chi connectivity index (χ0n) is 10.3. The summed E-state index contributed by atoms with van der Waals surface area (Å²) in [6, 6.07) is 7.56. The summed E-state index contributed by atoms with van der Waals surface area (Å²) >= 11 is 5.87. The molecule has 0 fully saturated rings. The molecule has 3 nitrogen and oxygen atoms in total. The van der Waals surface area contributed by atoms with Crippen molar-refractivity contribution < 1.29 is 4.79 Å². The Morgan fingerprint density at radius 2 is 2.12 bits per heavy atom. The number of halogens is 1. The largest absolute Gasteiger partial charge is 0.338 e. The fraction of sp³-hybridized carbons (Fsp3) is 0.462. The first-order valence-corrected chi connectivity index (χ1v) is 6.22. The Kier molecular flexibility index (Phi) is 5.84. The number of rotatable bonds is 5. The van der Waals surface area contributed by atoms with E-state index in [1.165, 1.54) is 0 Å². The Hall–Kier alpha value is -1.22. The van der Waals surface area contributed by atoms with Crippen molar-refractivity contribution in [1.82, 2.24) is 10.6 Å². The molecule has 2 N–H and O–H groups in total. The average molecular weight is 255 g/mol. The van der Waals surface area contributed by atoms with Gasteiger partial charge in [-0.1, -0.05) is 37.6 Å². The van der Waals surface area contributed by atoms with E-state index in [0.717, 1.165) is 17.0 Å². The molecule has 1 aromatic rings. The zero-order chi connectivity index (χ0) is 12.7. The number of benzene rings is 1. The second-order valence-corrected chi connectivity index (χ2v) is 4.85. The fourth-order valence-corrected chi connectivity index (χ4v) is 1.59. The number of hydrogen-bond acceptors (Lipinski definition) is 1. The highest BCUT2D eigenvalue weighted by Gasteiger charge is 2.01. The van der Waals surface area contributed by atoms with Gasteiger partial charge in [-0.2, -0.15) is 0 Å². The van der Waals surface area contributed by atoms with Crippen molar-refractivity contribution in [2.24, 2.45) is 5.92 Å². The summed E-state index contributed by atoms with van der Waals surface area (Å²) in [5.74, 6) is 0.466. The van der Waals surface area contributed by atoms with Gasteiger partial charge in [-0.05, 0) is 30.0 Å². The molecule has 2 amide bonds. The van der Waals surface area contributed by atoms with Crippen LogP contribution in [-0.2, 0) is 6.42 Å². The minimum absolute atomic E-state index is 0.110. The number of carbonyl (C=O) groups excluding carboxylic acids is 1. The summed E-state index contributed by atoms with van der Waals surface area (Å²) in [6.07, 6.45) is 0.787. The predicted molar refractivity (Wildman–Crippen MR) is 71.4 cm³/mol. The molecule has 17 heavy (non-hydrogen) atoms. The Balaban J connectivity index is 2.21. The van der Waals surface area contributed by atoms with Crippen LogP contribution in [0.3, 0.4) is 0 Å². The van der Waals surface area contributed by atoms with Crippen LogP contribution >= 0.6 is 11.6 Å². The van der Waals surface area contributed by atoms with Crippen LogP contribution in [0.1, 0.15) is 19.4 Å². The second kappa shape index (κ2) is 7.17. The summed E-state index contributed by atoms with van der Waals surface area (Å²) in [5, 5.41) is 6.34. The molecular weight excluding hydrogens is 236 g/mol. The van der Waals surface area contributed by atoms with Crippen LogP contribution in [0.25, 0.3) is 0 Å². The van der Waals surface area contributed by atoms with Gasteiger partial charge in [0.1, 0.15) is 0 Å². The molecular formula is C13H19ClN2O. The number of amides is 2. The van der Waals surface area contributed by atoms with Gasteiger partial charge < -0.3 is 10.6 Å². The van der Waals surface area contributed by atoms with E-state index in [-0.39, 0.29) is 6.03 Å². The summed E-state index contributed by atoms with van der Waals surface area (Å²) in [4.78, 5) is 11.4. The molecule has 0 aromatic heterocycles. The van der Waals surface area contributed by atoms with Gasteiger partial charge in [0.25, 0.3) is 0 Å². The topological polar surface area (TPSA) is 41.1 Å². The minimum Gasteiger partial charge on any atom is -0.338 e. The molecule has 0 saturated carbocycles. The van der Waals surface area contributed by atoms with Crippen LogP contribution in [0.5, 0.6) is 0 Å². The summed E-state index contributed by atoms with van der Waals surface area (Å²) in [5.41, 5.74) is 1.13. The van der Waals surface area contributed by atoms with Crippen LogP contribution in [0.2, 0.25) is 5.02 Å². The maximum atomic E-state index is 11.4. The van der Waals surface area contributed by atoms with E-state index in [4.69, 9.17) is 11.6 Å². The third-order valence-electron chi connectivity index (χ3n) is 2.26. The molecule has 94 valence electrons. The predicted octanol–water partition coefficient (Wildman–Crippen LogP) is 2.84. The van der Waals surface area contributed by atoms with Crippen LogP contribution in [0, 0.1) is 5.92 Å². The minimum atomic E-state index is -0.110. The smallest absolute Gasteiger partial charge is 0.314 e. The Morgan fingerprint density at radius 3 is 2.76 bits per heavy atom. The molecule has 0 unspecified atom stereocenters. The van der Waals surface area contributed by atoms with E-state index in [1.54, 1.807) is 0 Å². The summed E-state index contributed by atoms with van der Waals surface area (Å²) < 4.78 is 0. The van der Waals surface area contributed by atoms with Gasteiger partial charge >= 0.3 is 6.03 Å². The van der Waals surface area contributed by atoms with E-state index in [1.807, 2.05) is 24.3 Å². The molecule has 0 spiro atoms. The van der Waals surface area contributed by atoms with Gasteiger partial charge in [-0.15, -0.1) is 0 Å². The van der Waals surface area contributed by atoms with E-state index in [9.17, 15) is 4.79 Å². The average Bonchev–Trinajstić information content (AvgIpc) is 2.26. The fourth-order valence-electron chi connectivity index (χ4n) is 1.37. The highest BCUT2D eigenvalue weighted by molar-refractivity contribution is 6.30. The van der Waals surface area contributed by atoms with Crippen molar-refractivity contribution in [2.75, 3.05) is 13.1 Å². The molecule has 0 bridgehead atoms. The van der Waals surface area contributed by atoms with E-state index < -0.39 is 0 Å². The molecule has 0 heterocycles. The number of urea groups is 1. The molecule has 4 heteroatoms. The second-order valence-electron chi connectivity index (χ2n) is 4.41. The first-order valence-electron chi connectivity index (χ1n) is 5.84. The molecule has 0 aliphatic carbocycles. The third-order valence-corrected chi connectivity index (χ3v) is 2.49. The van der Waals surface area contributed by atoms with Crippen molar-refractivity contribution in [1.29, 1.82) is 0 Å². The molecule has 1 aromatic carbocycles. The quantitative estimate of drug-likeness (QED) is 0.834. The summed E-state index contributed by atoms with van der Waals surface area (Å²) in [6.45, 7) is 5.44. The highest BCUT2D eigenvalue weighted by atomic mass is 35.5. The third kappa shape index (κ3) is 6.17. The Labute approximate surface area is 108 Å². The zero-order valence-corrected chi connectivity index (χ0v) is 11.1. The monoisotopic (exact) mass is 254 g/mol. The lowest BCUT2D eigenvalue weighted by Gasteiger charge is -2.09. The molecule has 0 aliphatic heterocycles. The van der Waals surface area contributed by atoms with Crippen LogP contribution < -0.4 is 10.6 Å². The lowest BCUT2D eigenvalue weighted by molar-refractivity contribution is 0.239. The number of hydrogen-bond donors (Lipinski definition) is 2. The van der Waals surface area contributed by atoms with E-state index >= 15 is 0 Å². The van der Waals surface area contributed by atoms with Gasteiger partial charge in [0.2, 0.25) is 0 Å². The Bertz CT molecular complexity index is 366. The maximum Gasteiger partial charge on any atom is 0.314 e. The SMILES string of the molecule is CC(C)CNC(=O)NCCc1cccc(Cl)c1. The van der Waals surface area contributed by atoms with Crippen LogP contribution in [0.4, 0.5) is 4.79 Å². The van der Waals surface area contributed by atoms with E-state index in [2.05, 4.69) is 24.5 Å². The number of nitrogens with one attached hydrogen (secondary N) is 2. The van der Waals surface area contributed by atoms with Crippen LogP contribution in [-0.4, -0.2) is 19.1 Å². The van der Waals surface area contributed by atoms with Crippen molar-refractivity contribution in [3.63, 3.8) is 0 Å². The standard InChI is InChI=1S/C13H19ClN2O/c1-10(2)9-16-13(17)15-7-6-11-4-3-5-12(14)8-11/h3-5,8,10H,6-7,9H2,1-2H3,(H2,15,16,17).